The van der Waals surface area contributed by atoms with E-state index < -0.39 is 17.0 Å². The summed E-state index contributed by atoms with van der Waals surface area (Å²) in [6.07, 6.45) is 7.18. The Morgan fingerprint density at radius 3 is 2.96 bits per heavy atom. The first-order chi connectivity index (χ1) is 13.4. The molecule has 2 heterocycles. The number of rotatable bonds is 1. The van der Waals surface area contributed by atoms with Gasteiger partial charge in [0, 0.05) is 17.8 Å². The van der Waals surface area contributed by atoms with Gasteiger partial charge < -0.3 is 4.90 Å². The van der Waals surface area contributed by atoms with Crippen molar-refractivity contribution >= 4 is 17.0 Å². The maximum Gasteiger partial charge on any atom is 0.305 e. The third-order valence-electron chi connectivity index (χ3n) is 6.22. The second-order valence-electron chi connectivity index (χ2n) is 8.32. The van der Waals surface area contributed by atoms with Crippen LogP contribution in [0.5, 0.6) is 0 Å². The zero-order valence-electron chi connectivity index (χ0n) is 15.7. The van der Waals surface area contributed by atoms with Crippen molar-refractivity contribution in [2.45, 2.75) is 69.4 Å². The SMILES string of the molecule is C[C@@]1(F)C=CC2=C(CCc3cc(F)ccc3N2[C@@H]2CCC[C@H]3OS(=O)O[C@@H]23)C1. The van der Waals surface area contributed by atoms with E-state index in [1.54, 1.807) is 25.1 Å². The van der Waals surface area contributed by atoms with E-state index in [-0.39, 0.29) is 24.1 Å². The van der Waals surface area contributed by atoms with Crippen molar-refractivity contribution in [2.24, 2.45) is 0 Å². The molecule has 2 fully saturated rings. The van der Waals surface area contributed by atoms with Gasteiger partial charge in [-0.1, -0.05) is 0 Å². The third kappa shape index (κ3) is 3.13. The van der Waals surface area contributed by atoms with Crippen LogP contribution in [0.4, 0.5) is 14.5 Å². The molecule has 1 unspecified atom stereocenters. The normalized spacial score (nSPS) is 37.3. The minimum Gasteiger partial charge on any atom is -0.335 e. The summed E-state index contributed by atoms with van der Waals surface area (Å²) in [7, 11) is 0. The predicted molar refractivity (Wildman–Crippen MR) is 103 cm³/mol. The van der Waals surface area contributed by atoms with Gasteiger partial charge in [-0.15, -0.1) is 0 Å². The molecule has 1 saturated carbocycles. The molecule has 2 aliphatic heterocycles. The van der Waals surface area contributed by atoms with Crippen LogP contribution < -0.4 is 4.90 Å². The molecule has 2 aliphatic carbocycles. The van der Waals surface area contributed by atoms with Gasteiger partial charge >= 0.3 is 11.4 Å². The number of fused-ring (bicyclic) bond motifs is 2. The summed E-state index contributed by atoms with van der Waals surface area (Å²) in [6, 6.07) is 4.75. The third-order valence-corrected chi connectivity index (χ3v) is 7.01. The summed E-state index contributed by atoms with van der Waals surface area (Å²) in [6.45, 7) is 1.59. The quantitative estimate of drug-likeness (QED) is 0.690. The summed E-state index contributed by atoms with van der Waals surface area (Å²) in [5.41, 5.74) is 2.45. The van der Waals surface area contributed by atoms with E-state index >= 15 is 0 Å². The smallest absolute Gasteiger partial charge is 0.305 e. The molecule has 0 amide bonds. The highest BCUT2D eigenvalue weighted by molar-refractivity contribution is 7.75. The molecule has 4 aliphatic rings. The highest BCUT2D eigenvalue weighted by Crippen LogP contribution is 2.44. The standard InChI is InChI=1S/C21H23F2NO3S/c1-21(23)10-9-17-14(12-21)6-5-13-11-15(22)7-8-16(13)24(17)18-3-2-4-19-20(18)27-28(25)26-19/h7-11,18-20H,2-6,12H2,1H3/t18-,19-,20+,21-,28?/m1/s1. The van der Waals surface area contributed by atoms with Crippen molar-refractivity contribution in [3.8, 4) is 0 Å². The number of allylic oxidation sites excluding steroid dienone is 3. The minimum absolute atomic E-state index is 0.0915. The highest BCUT2D eigenvalue weighted by Gasteiger charge is 2.47. The molecule has 150 valence electrons. The Labute approximate surface area is 166 Å². The molecule has 28 heavy (non-hydrogen) atoms. The van der Waals surface area contributed by atoms with Crippen LogP contribution >= 0.6 is 0 Å². The average Bonchev–Trinajstić information content (AvgIpc) is 2.96. The van der Waals surface area contributed by atoms with Gasteiger partial charge in [0.25, 0.3) is 0 Å². The van der Waals surface area contributed by atoms with Gasteiger partial charge in [-0.3, -0.25) is 8.37 Å². The Bertz CT molecular complexity index is 898. The lowest BCUT2D eigenvalue weighted by Crippen LogP contribution is -2.50. The minimum atomic E-state index is -1.74. The van der Waals surface area contributed by atoms with Crippen molar-refractivity contribution in [3.05, 3.63) is 53.0 Å². The summed E-state index contributed by atoms with van der Waals surface area (Å²) in [5, 5.41) is 0. The number of halogens is 2. The number of hydrogen-bond donors (Lipinski definition) is 0. The lowest BCUT2D eigenvalue weighted by Gasteiger charge is -2.42. The first-order valence-corrected chi connectivity index (χ1v) is 10.9. The Morgan fingerprint density at radius 1 is 1.25 bits per heavy atom. The van der Waals surface area contributed by atoms with E-state index in [0.29, 0.717) is 19.3 Å². The van der Waals surface area contributed by atoms with E-state index in [0.717, 1.165) is 41.8 Å². The highest BCUT2D eigenvalue weighted by atomic mass is 32.2. The maximum atomic E-state index is 14.7. The summed E-state index contributed by atoms with van der Waals surface area (Å²) in [4.78, 5) is 2.17. The number of alkyl halides is 1. The molecule has 0 bridgehead atoms. The fourth-order valence-electron chi connectivity index (χ4n) is 4.99. The van der Waals surface area contributed by atoms with E-state index in [2.05, 4.69) is 4.90 Å². The van der Waals surface area contributed by atoms with Crippen LogP contribution in [0.15, 0.2) is 41.6 Å². The number of anilines is 1. The monoisotopic (exact) mass is 407 g/mol. The Kier molecular flexibility index (Phi) is 4.45. The topological polar surface area (TPSA) is 38.8 Å². The fraction of sp³-hybridized carbons (Fsp3) is 0.524. The molecule has 0 spiro atoms. The maximum absolute atomic E-state index is 14.7. The van der Waals surface area contributed by atoms with Crippen molar-refractivity contribution in [1.82, 2.24) is 0 Å². The van der Waals surface area contributed by atoms with E-state index in [1.807, 2.05) is 6.08 Å². The second-order valence-corrected chi connectivity index (χ2v) is 9.11. The Morgan fingerprint density at radius 2 is 2.11 bits per heavy atom. The van der Waals surface area contributed by atoms with Gasteiger partial charge in [-0.25, -0.2) is 8.78 Å². The Hall–Kier alpha value is -1.57. The van der Waals surface area contributed by atoms with Crippen LogP contribution in [-0.2, 0) is 26.1 Å². The molecule has 1 aromatic carbocycles. The van der Waals surface area contributed by atoms with Crippen LogP contribution in [0.1, 0.15) is 44.6 Å². The zero-order valence-corrected chi connectivity index (χ0v) is 16.5. The van der Waals surface area contributed by atoms with Gasteiger partial charge in [0.05, 0.1) is 6.04 Å². The number of benzene rings is 1. The first-order valence-electron chi connectivity index (χ1n) is 9.85. The second kappa shape index (κ2) is 6.75. The number of aryl methyl sites for hydroxylation is 1. The molecule has 4 nitrogen and oxygen atoms in total. The molecule has 5 rings (SSSR count). The molecule has 0 radical (unpaired) electrons. The van der Waals surface area contributed by atoms with Crippen LogP contribution in [0.3, 0.4) is 0 Å². The lowest BCUT2D eigenvalue weighted by molar-refractivity contribution is 0.0907. The largest absolute Gasteiger partial charge is 0.335 e. The first kappa shape index (κ1) is 18.5. The van der Waals surface area contributed by atoms with Gasteiger partial charge in [-0.2, -0.15) is 4.21 Å². The van der Waals surface area contributed by atoms with E-state index in [9.17, 15) is 13.0 Å². The van der Waals surface area contributed by atoms with Crippen molar-refractivity contribution < 1.29 is 21.4 Å². The lowest BCUT2D eigenvalue weighted by atomic mass is 9.85. The van der Waals surface area contributed by atoms with Crippen molar-refractivity contribution in [2.75, 3.05) is 4.90 Å². The molecule has 5 atom stereocenters. The van der Waals surface area contributed by atoms with Crippen molar-refractivity contribution in [1.29, 1.82) is 0 Å². The predicted octanol–water partition coefficient (Wildman–Crippen LogP) is 4.44. The fourth-order valence-corrected chi connectivity index (χ4v) is 5.88. The zero-order chi connectivity index (χ0) is 19.5. The van der Waals surface area contributed by atoms with Crippen molar-refractivity contribution in [3.63, 3.8) is 0 Å². The molecular formula is C21H23F2NO3S. The molecule has 1 aromatic rings. The van der Waals surface area contributed by atoms with Gasteiger partial charge in [-0.05, 0) is 80.5 Å². The Balaban J connectivity index is 1.63. The van der Waals surface area contributed by atoms with Gasteiger partial charge in [0.2, 0.25) is 0 Å². The summed E-state index contributed by atoms with van der Waals surface area (Å²) in [5.74, 6) is -0.271. The molecular weight excluding hydrogens is 384 g/mol. The van der Waals surface area contributed by atoms with Crippen LogP contribution in [0.2, 0.25) is 0 Å². The van der Waals surface area contributed by atoms with Gasteiger partial charge in [0.15, 0.2) is 0 Å². The summed E-state index contributed by atoms with van der Waals surface area (Å²) >= 11 is -1.74. The average molecular weight is 407 g/mol. The summed E-state index contributed by atoms with van der Waals surface area (Å²) < 4.78 is 51.7. The number of nitrogens with zero attached hydrogens (tertiary/aromatic N) is 1. The van der Waals surface area contributed by atoms with Crippen LogP contribution in [0.25, 0.3) is 0 Å². The molecule has 0 aromatic heterocycles. The van der Waals surface area contributed by atoms with E-state index in [1.165, 1.54) is 6.07 Å². The van der Waals surface area contributed by atoms with Gasteiger partial charge in [0.1, 0.15) is 23.7 Å². The number of hydrogen-bond acceptors (Lipinski definition) is 4. The van der Waals surface area contributed by atoms with Crippen LogP contribution in [-0.4, -0.2) is 28.1 Å². The molecule has 1 saturated heterocycles. The molecule has 7 heteroatoms. The van der Waals surface area contributed by atoms with Crippen LogP contribution in [0, 0.1) is 5.82 Å². The van der Waals surface area contributed by atoms with E-state index in [4.69, 9.17) is 8.37 Å². The molecule has 0 N–H and O–H groups in total.